The highest BCUT2D eigenvalue weighted by Gasteiger charge is 2.07. The van der Waals surface area contributed by atoms with E-state index in [9.17, 15) is 9.59 Å². The monoisotopic (exact) mass is 379 g/mol. The lowest BCUT2D eigenvalue weighted by Crippen LogP contribution is -2.13. The Morgan fingerprint density at radius 1 is 1.07 bits per heavy atom. The minimum atomic E-state index is -0.451. The lowest BCUT2D eigenvalue weighted by molar-refractivity contribution is -0.142. The summed E-state index contributed by atoms with van der Waals surface area (Å²) in [5.74, 6) is -0.0135. The van der Waals surface area contributed by atoms with E-state index in [4.69, 9.17) is 4.74 Å². The molecule has 3 aromatic rings. The number of hydrogen-bond acceptors (Lipinski definition) is 5. The Morgan fingerprint density at radius 2 is 1.82 bits per heavy atom. The van der Waals surface area contributed by atoms with Crippen molar-refractivity contribution in [3.8, 4) is 11.4 Å². The molecule has 0 unspecified atom stereocenters. The van der Waals surface area contributed by atoms with Crippen LogP contribution in [0.4, 0.5) is 5.69 Å². The molecule has 7 heteroatoms. The minimum Gasteiger partial charge on any atom is -0.482 e. The van der Waals surface area contributed by atoms with Crippen LogP contribution in [0.15, 0.2) is 67.0 Å². The van der Waals surface area contributed by atoms with Gasteiger partial charge in [-0.25, -0.2) is 9.48 Å². The number of aryl methyl sites for hydroxylation is 1. The van der Waals surface area contributed by atoms with Gasteiger partial charge >= 0.3 is 5.97 Å². The van der Waals surface area contributed by atoms with E-state index in [1.807, 2.05) is 36.5 Å². The molecule has 2 aromatic carbocycles. The second-order valence-corrected chi connectivity index (χ2v) is 6.07. The van der Waals surface area contributed by atoms with Crippen molar-refractivity contribution in [2.45, 2.75) is 12.8 Å². The molecule has 1 heterocycles. The third kappa shape index (κ3) is 5.44. The van der Waals surface area contributed by atoms with Crippen molar-refractivity contribution in [3.63, 3.8) is 0 Å². The van der Waals surface area contributed by atoms with E-state index in [1.165, 1.54) is 7.11 Å². The number of benzene rings is 2. The normalized spacial score (nSPS) is 10.3. The number of esters is 1. The Kier molecular flexibility index (Phi) is 6.41. The van der Waals surface area contributed by atoms with Crippen molar-refractivity contribution in [2.24, 2.45) is 0 Å². The van der Waals surface area contributed by atoms with Crippen molar-refractivity contribution < 1.29 is 19.1 Å². The number of carbonyl (C=O) groups excluding carboxylic acids is 2. The lowest BCUT2D eigenvalue weighted by Gasteiger charge is -2.07. The van der Waals surface area contributed by atoms with Gasteiger partial charge in [-0.2, -0.15) is 5.10 Å². The van der Waals surface area contributed by atoms with Gasteiger partial charge in [0.1, 0.15) is 5.75 Å². The fraction of sp³-hybridized carbons (Fsp3) is 0.190. The van der Waals surface area contributed by atoms with Gasteiger partial charge in [-0.1, -0.05) is 18.2 Å². The van der Waals surface area contributed by atoms with Crippen molar-refractivity contribution in [1.82, 2.24) is 9.78 Å². The molecule has 0 atom stereocenters. The molecule has 1 amide bonds. The van der Waals surface area contributed by atoms with Crippen molar-refractivity contribution in [3.05, 3.63) is 72.6 Å². The molecular weight excluding hydrogens is 358 g/mol. The molecule has 0 saturated carbocycles. The quantitative estimate of drug-likeness (QED) is 0.609. The number of ether oxygens (including phenoxy) is 2. The number of hydrogen-bond donors (Lipinski definition) is 1. The standard InChI is InChI=1S/C21H21N3O4/c1-27-21(26)15-28-19-10-8-17(9-11-19)23-20(25)12-7-16-13-22-24(14-16)18-5-3-2-4-6-18/h2-6,8-11,13-14H,7,12,15H2,1H3,(H,23,25). The van der Waals surface area contributed by atoms with E-state index in [2.05, 4.69) is 15.2 Å². The molecule has 7 nitrogen and oxygen atoms in total. The summed E-state index contributed by atoms with van der Waals surface area (Å²) in [4.78, 5) is 23.2. The number of carbonyl (C=O) groups is 2. The highest BCUT2D eigenvalue weighted by molar-refractivity contribution is 5.90. The summed E-state index contributed by atoms with van der Waals surface area (Å²) in [5, 5.41) is 7.17. The summed E-state index contributed by atoms with van der Waals surface area (Å²) >= 11 is 0. The maximum atomic E-state index is 12.2. The zero-order chi connectivity index (χ0) is 19.8. The van der Waals surface area contributed by atoms with Gasteiger partial charge in [-0.3, -0.25) is 4.79 Å². The Hall–Kier alpha value is -3.61. The number of aromatic nitrogens is 2. The average molecular weight is 379 g/mol. The number of amides is 1. The summed E-state index contributed by atoms with van der Waals surface area (Å²) < 4.78 is 11.6. The van der Waals surface area contributed by atoms with Crippen molar-refractivity contribution in [1.29, 1.82) is 0 Å². The van der Waals surface area contributed by atoms with Crippen LogP contribution in [0.2, 0.25) is 0 Å². The Balaban J connectivity index is 1.47. The molecule has 144 valence electrons. The average Bonchev–Trinajstić information content (AvgIpc) is 3.21. The molecule has 0 radical (unpaired) electrons. The molecular formula is C21H21N3O4. The van der Waals surface area contributed by atoms with Gasteiger partial charge in [0.15, 0.2) is 6.61 Å². The van der Waals surface area contributed by atoms with Crippen LogP contribution in [-0.2, 0) is 20.7 Å². The van der Waals surface area contributed by atoms with E-state index >= 15 is 0 Å². The zero-order valence-corrected chi connectivity index (χ0v) is 15.5. The molecule has 28 heavy (non-hydrogen) atoms. The SMILES string of the molecule is COC(=O)COc1ccc(NC(=O)CCc2cnn(-c3ccccc3)c2)cc1. The molecule has 0 bridgehead atoms. The second-order valence-electron chi connectivity index (χ2n) is 6.07. The molecule has 1 N–H and O–H groups in total. The summed E-state index contributed by atoms with van der Waals surface area (Å²) in [7, 11) is 1.30. The fourth-order valence-corrected chi connectivity index (χ4v) is 2.53. The molecule has 0 saturated heterocycles. The molecule has 1 aromatic heterocycles. The third-order valence-electron chi connectivity index (χ3n) is 4.02. The molecule has 0 aliphatic rings. The maximum Gasteiger partial charge on any atom is 0.343 e. The smallest absolute Gasteiger partial charge is 0.343 e. The lowest BCUT2D eigenvalue weighted by atomic mass is 10.2. The maximum absolute atomic E-state index is 12.2. The number of rotatable bonds is 8. The van der Waals surface area contributed by atoms with Gasteiger partial charge in [-0.15, -0.1) is 0 Å². The Bertz CT molecular complexity index is 920. The van der Waals surface area contributed by atoms with Gasteiger partial charge in [0.25, 0.3) is 0 Å². The van der Waals surface area contributed by atoms with Crippen LogP contribution in [0, 0.1) is 0 Å². The van der Waals surface area contributed by atoms with Crippen LogP contribution in [0.3, 0.4) is 0 Å². The first-order valence-corrected chi connectivity index (χ1v) is 8.82. The number of methoxy groups -OCH3 is 1. The van der Waals surface area contributed by atoms with Gasteiger partial charge in [0.05, 0.1) is 19.0 Å². The van der Waals surface area contributed by atoms with Gasteiger partial charge in [0.2, 0.25) is 5.91 Å². The zero-order valence-electron chi connectivity index (χ0n) is 15.5. The van der Waals surface area contributed by atoms with Crippen LogP contribution in [0.1, 0.15) is 12.0 Å². The number of para-hydroxylation sites is 1. The summed E-state index contributed by atoms with van der Waals surface area (Å²) in [6.45, 7) is -0.154. The van der Waals surface area contributed by atoms with Crippen molar-refractivity contribution >= 4 is 17.6 Å². The van der Waals surface area contributed by atoms with Crippen molar-refractivity contribution in [2.75, 3.05) is 19.0 Å². The minimum absolute atomic E-state index is 0.0873. The Labute approximate surface area is 162 Å². The highest BCUT2D eigenvalue weighted by Crippen LogP contribution is 2.16. The van der Waals surface area contributed by atoms with Crippen LogP contribution in [0.25, 0.3) is 5.69 Å². The number of nitrogens with one attached hydrogen (secondary N) is 1. The summed E-state index contributed by atoms with van der Waals surface area (Å²) in [6, 6.07) is 16.6. The predicted octanol–water partition coefficient (Wildman–Crippen LogP) is 3.00. The van der Waals surface area contributed by atoms with Crippen LogP contribution >= 0.6 is 0 Å². The van der Waals surface area contributed by atoms with Crippen LogP contribution in [0.5, 0.6) is 5.75 Å². The highest BCUT2D eigenvalue weighted by atomic mass is 16.6. The first-order chi connectivity index (χ1) is 13.6. The largest absolute Gasteiger partial charge is 0.482 e. The van der Waals surface area contributed by atoms with Gasteiger partial charge < -0.3 is 14.8 Å². The van der Waals surface area contributed by atoms with E-state index in [0.29, 0.717) is 24.3 Å². The molecule has 0 fully saturated rings. The first kappa shape index (κ1) is 19.2. The molecule has 0 aliphatic carbocycles. The van der Waals surface area contributed by atoms with Crippen LogP contribution < -0.4 is 10.1 Å². The predicted molar refractivity (Wildman–Crippen MR) is 104 cm³/mol. The fourth-order valence-electron chi connectivity index (χ4n) is 2.53. The number of nitrogens with zero attached hydrogens (tertiary/aromatic N) is 2. The van der Waals surface area contributed by atoms with Crippen LogP contribution in [-0.4, -0.2) is 35.4 Å². The molecule has 3 rings (SSSR count). The summed E-state index contributed by atoms with van der Waals surface area (Å²) in [6.07, 6.45) is 4.64. The van der Waals surface area contributed by atoms with Gasteiger partial charge in [0, 0.05) is 18.3 Å². The third-order valence-corrected chi connectivity index (χ3v) is 4.02. The number of anilines is 1. The van der Waals surface area contributed by atoms with E-state index < -0.39 is 5.97 Å². The molecule has 0 aliphatic heterocycles. The first-order valence-electron chi connectivity index (χ1n) is 8.82. The summed E-state index contributed by atoms with van der Waals surface area (Å²) in [5.41, 5.74) is 2.63. The van der Waals surface area contributed by atoms with Gasteiger partial charge in [-0.05, 0) is 48.4 Å². The van der Waals surface area contributed by atoms with E-state index in [1.54, 1.807) is 35.1 Å². The Morgan fingerprint density at radius 3 is 2.54 bits per heavy atom. The molecule has 0 spiro atoms. The second kappa shape index (κ2) is 9.36. The van der Waals surface area contributed by atoms with E-state index in [0.717, 1.165) is 11.3 Å². The van der Waals surface area contributed by atoms with E-state index in [-0.39, 0.29) is 12.5 Å². The topological polar surface area (TPSA) is 82.4 Å².